The van der Waals surface area contributed by atoms with Gasteiger partial charge in [-0.3, -0.25) is 14.9 Å². The first kappa shape index (κ1) is 19.6. The first-order valence-electron chi connectivity index (χ1n) is 8.53. The van der Waals surface area contributed by atoms with Gasteiger partial charge in [0.1, 0.15) is 10.6 Å². The molecule has 1 heterocycles. The summed E-state index contributed by atoms with van der Waals surface area (Å²) in [6, 6.07) is 8.98. The number of hydrogen-bond acceptors (Lipinski definition) is 7. The molecule has 0 spiro atoms. The van der Waals surface area contributed by atoms with Crippen LogP contribution in [0.1, 0.15) is 50.8 Å². The predicted octanol–water partition coefficient (Wildman–Crippen LogP) is 2.29. The van der Waals surface area contributed by atoms with Crippen molar-refractivity contribution in [3.8, 4) is 5.75 Å². The molecule has 1 aliphatic heterocycles. The summed E-state index contributed by atoms with van der Waals surface area (Å²) in [6.07, 6.45) is 1.66. The number of carbonyl (C=O) groups is 3. The molecule has 0 atom stereocenters. The summed E-state index contributed by atoms with van der Waals surface area (Å²) in [5.74, 6) is -1.75. The number of amides is 2. The van der Waals surface area contributed by atoms with Crippen LogP contribution >= 0.6 is 0 Å². The second-order valence-corrected chi connectivity index (χ2v) is 7.59. The number of fused-ring (bicyclic) bond motifs is 1. The van der Waals surface area contributed by atoms with Gasteiger partial charge in [0.05, 0.1) is 23.3 Å². The Balaban J connectivity index is 1.74. The van der Waals surface area contributed by atoms with Crippen LogP contribution in [-0.4, -0.2) is 32.8 Å². The van der Waals surface area contributed by atoms with E-state index in [9.17, 15) is 22.8 Å². The lowest BCUT2D eigenvalue weighted by Gasteiger charge is -2.09. The number of unbranched alkanes of at least 4 members (excludes halogenated alkanes) is 1. The minimum absolute atomic E-state index is 0.00821. The van der Waals surface area contributed by atoms with E-state index in [1.54, 1.807) is 0 Å². The maximum absolute atomic E-state index is 12.5. The van der Waals surface area contributed by atoms with Crippen LogP contribution in [-0.2, 0) is 14.9 Å². The zero-order chi connectivity index (χ0) is 20.3. The number of nitrogens with one attached hydrogen (secondary N) is 1. The van der Waals surface area contributed by atoms with E-state index in [1.807, 2.05) is 6.92 Å². The third-order valence-electron chi connectivity index (χ3n) is 4.02. The van der Waals surface area contributed by atoms with Gasteiger partial charge in [0.2, 0.25) is 0 Å². The van der Waals surface area contributed by atoms with E-state index in [0.29, 0.717) is 6.61 Å². The van der Waals surface area contributed by atoms with E-state index in [1.165, 1.54) is 36.4 Å². The van der Waals surface area contributed by atoms with Crippen LogP contribution in [0, 0.1) is 0 Å². The summed E-state index contributed by atoms with van der Waals surface area (Å²) in [4.78, 5) is 34.8. The molecule has 0 saturated carbocycles. The largest absolute Gasteiger partial charge is 0.462 e. The smallest absolute Gasteiger partial charge is 0.339 e. The van der Waals surface area contributed by atoms with Crippen molar-refractivity contribution in [3.63, 3.8) is 0 Å². The van der Waals surface area contributed by atoms with Gasteiger partial charge in [0.25, 0.3) is 11.8 Å². The molecule has 0 bridgehead atoms. The van der Waals surface area contributed by atoms with Gasteiger partial charge in [-0.05, 0) is 48.9 Å². The first-order chi connectivity index (χ1) is 13.3. The summed E-state index contributed by atoms with van der Waals surface area (Å²) >= 11 is 0. The Labute approximate surface area is 161 Å². The number of rotatable bonds is 7. The highest BCUT2D eigenvalue weighted by Gasteiger charge is 2.29. The van der Waals surface area contributed by atoms with Crippen molar-refractivity contribution in [3.05, 3.63) is 59.2 Å². The van der Waals surface area contributed by atoms with Crippen molar-refractivity contribution in [2.45, 2.75) is 24.7 Å². The highest BCUT2D eigenvalue weighted by Crippen LogP contribution is 2.24. The number of ether oxygens (including phenoxy) is 1. The first-order valence-corrected chi connectivity index (χ1v) is 9.94. The Morgan fingerprint density at radius 1 is 1.00 bits per heavy atom. The van der Waals surface area contributed by atoms with E-state index in [4.69, 9.17) is 8.92 Å². The third-order valence-corrected chi connectivity index (χ3v) is 5.27. The van der Waals surface area contributed by atoms with Crippen LogP contribution in [0.4, 0.5) is 0 Å². The van der Waals surface area contributed by atoms with Crippen LogP contribution < -0.4 is 9.50 Å². The number of imide groups is 1. The van der Waals surface area contributed by atoms with Crippen molar-refractivity contribution in [2.75, 3.05) is 6.61 Å². The van der Waals surface area contributed by atoms with Crippen molar-refractivity contribution in [1.29, 1.82) is 0 Å². The van der Waals surface area contributed by atoms with E-state index in [0.717, 1.165) is 18.9 Å². The fourth-order valence-corrected chi connectivity index (χ4v) is 3.47. The van der Waals surface area contributed by atoms with Crippen LogP contribution in [0.15, 0.2) is 47.4 Å². The molecular formula is C19H17NO7S. The quantitative estimate of drug-likeness (QED) is 0.326. The summed E-state index contributed by atoms with van der Waals surface area (Å²) in [6.45, 7) is 2.29. The fraction of sp³-hybridized carbons (Fsp3) is 0.211. The molecular weight excluding hydrogens is 386 g/mol. The average Bonchev–Trinajstić information content (AvgIpc) is 2.96. The number of esters is 1. The van der Waals surface area contributed by atoms with Gasteiger partial charge in [-0.1, -0.05) is 13.3 Å². The molecule has 3 rings (SSSR count). The minimum atomic E-state index is -4.23. The fourth-order valence-electron chi connectivity index (χ4n) is 2.52. The number of benzene rings is 2. The van der Waals surface area contributed by atoms with Crippen molar-refractivity contribution in [2.24, 2.45) is 0 Å². The standard InChI is InChI=1S/C19H17NO7S/c1-2-3-10-26-19(23)12-4-6-13(7-5-12)27-28(24,25)14-8-9-15-16(11-14)18(22)20-17(15)21/h4-9,11H,2-3,10H2,1H3,(H,20,21,22). The van der Waals surface area contributed by atoms with E-state index in [2.05, 4.69) is 5.32 Å². The second-order valence-electron chi connectivity index (χ2n) is 6.04. The monoisotopic (exact) mass is 403 g/mol. The lowest BCUT2D eigenvalue weighted by atomic mass is 10.1. The molecule has 0 aromatic heterocycles. The number of carbonyl (C=O) groups excluding carboxylic acids is 3. The van der Waals surface area contributed by atoms with E-state index in [-0.39, 0.29) is 27.3 Å². The normalized spacial score (nSPS) is 13.0. The van der Waals surface area contributed by atoms with Crippen LogP contribution in [0.25, 0.3) is 0 Å². The Morgan fingerprint density at radius 2 is 1.68 bits per heavy atom. The molecule has 2 aromatic rings. The van der Waals surface area contributed by atoms with Gasteiger partial charge in [0.15, 0.2) is 0 Å². The molecule has 0 unspecified atom stereocenters. The molecule has 0 fully saturated rings. The van der Waals surface area contributed by atoms with Crippen molar-refractivity contribution < 1.29 is 31.7 Å². The molecule has 0 aliphatic carbocycles. The molecule has 9 heteroatoms. The Kier molecular flexibility index (Phi) is 5.46. The molecule has 1 N–H and O–H groups in total. The molecule has 0 radical (unpaired) electrons. The van der Waals surface area contributed by atoms with Gasteiger partial charge in [-0.15, -0.1) is 0 Å². The number of hydrogen-bond donors (Lipinski definition) is 1. The zero-order valence-corrected chi connectivity index (χ0v) is 15.7. The molecule has 2 aromatic carbocycles. The molecule has 2 amide bonds. The summed E-state index contributed by atoms with van der Waals surface area (Å²) in [5.41, 5.74) is 0.350. The Morgan fingerprint density at radius 3 is 2.36 bits per heavy atom. The molecule has 0 saturated heterocycles. The van der Waals surface area contributed by atoms with Crippen molar-refractivity contribution >= 4 is 27.9 Å². The van der Waals surface area contributed by atoms with Gasteiger partial charge < -0.3 is 8.92 Å². The van der Waals surface area contributed by atoms with E-state index < -0.39 is 27.9 Å². The lowest BCUT2D eigenvalue weighted by molar-refractivity contribution is 0.0499. The van der Waals surface area contributed by atoms with Crippen LogP contribution in [0.3, 0.4) is 0 Å². The zero-order valence-electron chi connectivity index (χ0n) is 14.9. The lowest BCUT2D eigenvalue weighted by Crippen LogP contribution is -2.19. The minimum Gasteiger partial charge on any atom is -0.462 e. The maximum Gasteiger partial charge on any atom is 0.339 e. The molecule has 8 nitrogen and oxygen atoms in total. The SMILES string of the molecule is CCCCOC(=O)c1ccc(OS(=O)(=O)c2ccc3c(c2)C(=O)NC3=O)cc1. The van der Waals surface area contributed by atoms with Crippen LogP contribution in [0.5, 0.6) is 5.75 Å². The molecule has 28 heavy (non-hydrogen) atoms. The van der Waals surface area contributed by atoms with Gasteiger partial charge >= 0.3 is 16.1 Å². The Bertz CT molecular complexity index is 1040. The molecule has 1 aliphatic rings. The molecule has 146 valence electrons. The van der Waals surface area contributed by atoms with Gasteiger partial charge in [-0.2, -0.15) is 8.42 Å². The van der Waals surface area contributed by atoms with Crippen molar-refractivity contribution in [1.82, 2.24) is 5.32 Å². The Hall–Kier alpha value is -3.20. The summed E-state index contributed by atoms with van der Waals surface area (Å²) < 4.78 is 35.0. The van der Waals surface area contributed by atoms with Crippen LogP contribution in [0.2, 0.25) is 0 Å². The highest BCUT2D eigenvalue weighted by molar-refractivity contribution is 7.87. The topological polar surface area (TPSA) is 116 Å². The maximum atomic E-state index is 12.5. The third kappa shape index (κ3) is 4.04. The second kappa shape index (κ2) is 7.81. The summed E-state index contributed by atoms with van der Waals surface area (Å²) in [5, 5.41) is 2.09. The van der Waals surface area contributed by atoms with Gasteiger partial charge in [-0.25, -0.2) is 4.79 Å². The highest BCUT2D eigenvalue weighted by atomic mass is 32.2. The van der Waals surface area contributed by atoms with Gasteiger partial charge in [0, 0.05) is 0 Å². The average molecular weight is 403 g/mol. The summed E-state index contributed by atoms with van der Waals surface area (Å²) in [7, 11) is -4.23. The predicted molar refractivity (Wildman–Crippen MR) is 97.7 cm³/mol. The van der Waals surface area contributed by atoms with E-state index >= 15 is 0 Å².